The zero-order valence-electron chi connectivity index (χ0n) is 10.5. The Labute approximate surface area is 106 Å². The number of rotatable bonds is 4. The summed E-state index contributed by atoms with van der Waals surface area (Å²) in [5.41, 5.74) is 5.24. The van der Waals surface area contributed by atoms with Gasteiger partial charge in [0.05, 0.1) is 0 Å². The summed E-state index contributed by atoms with van der Waals surface area (Å²) in [7, 11) is 0. The van der Waals surface area contributed by atoms with E-state index in [1.807, 2.05) is 6.92 Å². The van der Waals surface area contributed by atoms with Gasteiger partial charge in [-0.15, -0.1) is 0 Å². The molecular formula is C11H18N6O. The van der Waals surface area contributed by atoms with Crippen molar-refractivity contribution in [1.29, 1.82) is 0 Å². The summed E-state index contributed by atoms with van der Waals surface area (Å²) < 4.78 is 0. The minimum Gasteiger partial charge on any atom is -0.363 e. The first kappa shape index (κ1) is 12.5. The largest absolute Gasteiger partial charge is 0.363 e. The average molecular weight is 250 g/mol. The molecule has 0 unspecified atom stereocenters. The van der Waals surface area contributed by atoms with Gasteiger partial charge in [-0.3, -0.25) is 4.79 Å². The molecule has 0 aromatic carbocycles. The van der Waals surface area contributed by atoms with Crippen LogP contribution in [0.2, 0.25) is 0 Å². The first-order valence-electron chi connectivity index (χ1n) is 6.25. The molecule has 2 rings (SSSR count). The van der Waals surface area contributed by atoms with Gasteiger partial charge in [0.2, 0.25) is 17.7 Å². The maximum Gasteiger partial charge on any atom is 0.286 e. The van der Waals surface area contributed by atoms with Gasteiger partial charge in [-0.25, -0.2) is 0 Å². The highest BCUT2D eigenvalue weighted by molar-refractivity contribution is 5.89. The number of piperidine rings is 1. The molecule has 7 nitrogen and oxygen atoms in total. The van der Waals surface area contributed by atoms with E-state index in [0.29, 0.717) is 18.4 Å². The van der Waals surface area contributed by atoms with Gasteiger partial charge in [0, 0.05) is 19.6 Å². The summed E-state index contributed by atoms with van der Waals surface area (Å²) in [4.78, 5) is 25.7. The normalized spacial score (nSPS) is 15.5. The minimum absolute atomic E-state index is 0.0153. The van der Waals surface area contributed by atoms with Crippen molar-refractivity contribution >= 4 is 17.8 Å². The molecule has 1 saturated heterocycles. The molecule has 1 aliphatic heterocycles. The van der Waals surface area contributed by atoms with Crippen molar-refractivity contribution in [1.82, 2.24) is 15.0 Å². The van der Waals surface area contributed by atoms with E-state index in [9.17, 15) is 4.79 Å². The van der Waals surface area contributed by atoms with Crippen molar-refractivity contribution in [3.8, 4) is 0 Å². The third kappa shape index (κ3) is 2.85. The van der Waals surface area contributed by atoms with Crippen molar-refractivity contribution in [2.45, 2.75) is 26.2 Å². The van der Waals surface area contributed by atoms with E-state index in [1.165, 1.54) is 6.42 Å². The smallest absolute Gasteiger partial charge is 0.286 e. The highest BCUT2D eigenvalue weighted by Gasteiger charge is 2.17. The Balaban J connectivity index is 2.29. The van der Waals surface area contributed by atoms with E-state index in [0.717, 1.165) is 25.9 Å². The Bertz CT molecular complexity index is 430. The lowest BCUT2D eigenvalue weighted by molar-refractivity contribution is 0.0990. The van der Waals surface area contributed by atoms with Gasteiger partial charge in [0.15, 0.2) is 0 Å². The second-order valence-electron chi connectivity index (χ2n) is 4.22. The quantitative estimate of drug-likeness (QED) is 0.802. The topological polar surface area (TPSA) is 97.0 Å². The summed E-state index contributed by atoms with van der Waals surface area (Å²) in [6.07, 6.45) is 3.46. The molecule has 0 saturated carbocycles. The number of carbonyl (C=O) groups is 1. The Morgan fingerprint density at radius 1 is 1.28 bits per heavy atom. The Morgan fingerprint density at radius 2 is 2.00 bits per heavy atom. The Hall–Kier alpha value is -1.92. The van der Waals surface area contributed by atoms with Crippen LogP contribution in [0.15, 0.2) is 0 Å². The van der Waals surface area contributed by atoms with Gasteiger partial charge in [0.25, 0.3) is 5.91 Å². The van der Waals surface area contributed by atoms with E-state index in [4.69, 9.17) is 5.73 Å². The third-order valence-electron chi connectivity index (χ3n) is 2.82. The highest BCUT2D eigenvalue weighted by atomic mass is 16.1. The van der Waals surface area contributed by atoms with E-state index < -0.39 is 5.91 Å². The predicted molar refractivity (Wildman–Crippen MR) is 68.6 cm³/mol. The second-order valence-corrected chi connectivity index (χ2v) is 4.22. The van der Waals surface area contributed by atoms with E-state index in [-0.39, 0.29) is 5.82 Å². The number of nitrogens with one attached hydrogen (secondary N) is 1. The van der Waals surface area contributed by atoms with Gasteiger partial charge < -0.3 is 16.0 Å². The second kappa shape index (κ2) is 5.61. The van der Waals surface area contributed by atoms with E-state index >= 15 is 0 Å². The summed E-state index contributed by atoms with van der Waals surface area (Å²) in [6.45, 7) is 4.44. The average Bonchev–Trinajstić information content (AvgIpc) is 2.40. The Kier molecular flexibility index (Phi) is 3.91. The molecule has 1 aromatic heterocycles. The van der Waals surface area contributed by atoms with Gasteiger partial charge >= 0.3 is 0 Å². The molecule has 0 spiro atoms. The van der Waals surface area contributed by atoms with Gasteiger partial charge in [-0.2, -0.15) is 15.0 Å². The van der Waals surface area contributed by atoms with Gasteiger partial charge in [-0.05, 0) is 26.2 Å². The zero-order chi connectivity index (χ0) is 13.0. The summed E-state index contributed by atoms with van der Waals surface area (Å²) in [6, 6.07) is 0. The summed E-state index contributed by atoms with van der Waals surface area (Å²) in [5, 5.41) is 2.99. The fourth-order valence-corrected chi connectivity index (χ4v) is 1.95. The molecular weight excluding hydrogens is 232 g/mol. The van der Waals surface area contributed by atoms with Crippen molar-refractivity contribution in [3.63, 3.8) is 0 Å². The first-order chi connectivity index (χ1) is 8.70. The predicted octanol–water partition coefficient (Wildman–Crippen LogP) is 0.393. The molecule has 1 amide bonds. The summed E-state index contributed by atoms with van der Waals surface area (Å²) >= 11 is 0. The number of aromatic nitrogens is 3. The number of carbonyl (C=O) groups excluding carboxylic acids is 1. The molecule has 0 aliphatic carbocycles. The third-order valence-corrected chi connectivity index (χ3v) is 2.82. The molecule has 1 aromatic rings. The van der Waals surface area contributed by atoms with Crippen LogP contribution >= 0.6 is 0 Å². The number of anilines is 2. The van der Waals surface area contributed by atoms with Crippen LogP contribution in [0.4, 0.5) is 11.9 Å². The van der Waals surface area contributed by atoms with Crippen molar-refractivity contribution < 1.29 is 4.79 Å². The van der Waals surface area contributed by atoms with Crippen molar-refractivity contribution in [2.24, 2.45) is 5.73 Å². The minimum atomic E-state index is -0.630. The van der Waals surface area contributed by atoms with Crippen LogP contribution in [-0.4, -0.2) is 40.5 Å². The van der Waals surface area contributed by atoms with Crippen LogP contribution in [0.1, 0.15) is 36.8 Å². The number of hydrogen-bond acceptors (Lipinski definition) is 6. The van der Waals surface area contributed by atoms with Crippen LogP contribution in [0.5, 0.6) is 0 Å². The number of amides is 1. The molecule has 98 valence electrons. The number of nitrogens with zero attached hydrogens (tertiary/aromatic N) is 4. The zero-order valence-corrected chi connectivity index (χ0v) is 10.5. The fraction of sp³-hybridized carbons (Fsp3) is 0.636. The number of primary amides is 1. The Morgan fingerprint density at radius 3 is 2.61 bits per heavy atom. The SMILES string of the molecule is CCNc1nc(C(N)=O)nc(N2CCCCC2)n1. The molecule has 0 radical (unpaired) electrons. The van der Waals surface area contributed by atoms with Crippen LogP contribution in [0.3, 0.4) is 0 Å². The monoisotopic (exact) mass is 250 g/mol. The highest BCUT2D eigenvalue weighted by Crippen LogP contribution is 2.16. The molecule has 0 atom stereocenters. The van der Waals surface area contributed by atoms with Crippen LogP contribution in [0, 0.1) is 0 Å². The lowest BCUT2D eigenvalue weighted by Crippen LogP contribution is -2.32. The maximum absolute atomic E-state index is 11.2. The molecule has 2 heterocycles. The molecule has 18 heavy (non-hydrogen) atoms. The molecule has 3 N–H and O–H groups in total. The molecule has 1 aliphatic rings. The van der Waals surface area contributed by atoms with Gasteiger partial charge in [0.1, 0.15) is 0 Å². The van der Waals surface area contributed by atoms with Crippen LogP contribution in [0.25, 0.3) is 0 Å². The standard InChI is InChI=1S/C11H18N6O/c1-2-13-10-14-9(8(12)18)15-11(16-10)17-6-4-3-5-7-17/h2-7H2,1H3,(H2,12,18)(H,13,14,15,16). The van der Waals surface area contributed by atoms with Crippen LogP contribution in [-0.2, 0) is 0 Å². The maximum atomic E-state index is 11.2. The molecule has 1 fully saturated rings. The number of hydrogen-bond donors (Lipinski definition) is 2. The van der Waals surface area contributed by atoms with Crippen LogP contribution < -0.4 is 16.0 Å². The lowest BCUT2D eigenvalue weighted by atomic mass is 10.1. The van der Waals surface area contributed by atoms with Crippen molar-refractivity contribution in [2.75, 3.05) is 29.9 Å². The van der Waals surface area contributed by atoms with Crippen molar-refractivity contribution in [3.05, 3.63) is 5.82 Å². The van der Waals surface area contributed by atoms with Gasteiger partial charge in [-0.1, -0.05) is 0 Å². The summed E-state index contributed by atoms with van der Waals surface area (Å²) in [5.74, 6) is 0.327. The molecule has 0 bridgehead atoms. The van der Waals surface area contributed by atoms with E-state index in [1.54, 1.807) is 0 Å². The lowest BCUT2D eigenvalue weighted by Gasteiger charge is -2.26. The first-order valence-corrected chi connectivity index (χ1v) is 6.25. The fourth-order valence-electron chi connectivity index (χ4n) is 1.95. The molecule has 7 heteroatoms. The van der Waals surface area contributed by atoms with E-state index in [2.05, 4.69) is 25.2 Å². The number of nitrogens with two attached hydrogens (primary N) is 1.